The molecule has 34 heavy (non-hydrogen) atoms. The van der Waals surface area contributed by atoms with Crippen LogP contribution in [0.3, 0.4) is 0 Å². The zero-order valence-electron chi connectivity index (χ0n) is 18.3. The summed E-state index contributed by atoms with van der Waals surface area (Å²) in [5, 5.41) is 17.4. The van der Waals surface area contributed by atoms with E-state index in [4.69, 9.17) is 0 Å². The summed E-state index contributed by atoms with van der Waals surface area (Å²) in [6.07, 6.45) is 6.44. The molecule has 2 heterocycles. The van der Waals surface area contributed by atoms with Gasteiger partial charge in [-0.2, -0.15) is 0 Å². The highest BCUT2D eigenvalue weighted by atomic mass is 16.2. The Balaban J connectivity index is 1.41. The van der Waals surface area contributed by atoms with Gasteiger partial charge in [0.2, 0.25) is 5.91 Å². The SMILES string of the molecule is O=C(Cn1ccnn1)NCC(NC(=O)c1cncc2ccccc12)c1ccc2ccccc2c1. The maximum absolute atomic E-state index is 13.3. The normalized spacial score (nSPS) is 11.9. The molecule has 3 aromatic carbocycles. The average Bonchev–Trinajstić information content (AvgIpc) is 3.38. The lowest BCUT2D eigenvalue weighted by Gasteiger charge is -2.21. The highest BCUT2D eigenvalue weighted by Crippen LogP contribution is 2.22. The second-order valence-electron chi connectivity index (χ2n) is 7.95. The van der Waals surface area contributed by atoms with Gasteiger partial charge in [0.25, 0.3) is 5.91 Å². The molecule has 2 aromatic heterocycles. The Bertz CT molecular complexity index is 1460. The first-order valence-electron chi connectivity index (χ1n) is 10.9. The smallest absolute Gasteiger partial charge is 0.254 e. The van der Waals surface area contributed by atoms with Crippen LogP contribution in [0.4, 0.5) is 0 Å². The summed E-state index contributed by atoms with van der Waals surface area (Å²) in [6.45, 7) is 0.265. The van der Waals surface area contributed by atoms with Crippen LogP contribution in [0.5, 0.6) is 0 Å². The van der Waals surface area contributed by atoms with Gasteiger partial charge in [-0.05, 0) is 27.8 Å². The van der Waals surface area contributed by atoms with E-state index >= 15 is 0 Å². The minimum atomic E-state index is -0.448. The van der Waals surface area contributed by atoms with E-state index in [0.29, 0.717) is 5.56 Å². The summed E-state index contributed by atoms with van der Waals surface area (Å²) in [5.41, 5.74) is 1.37. The first kappa shape index (κ1) is 21.3. The summed E-state index contributed by atoms with van der Waals surface area (Å²) in [5.74, 6) is -0.481. The monoisotopic (exact) mass is 450 g/mol. The molecule has 0 radical (unpaired) electrons. The fraction of sp³-hybridized carbons (Fsp3) is 0.115. The van der Waals surface area contributed by atoms with Crippen molar-refractivity contribution in [3.8, 4) is 0 Å². The number of hydrogen-bond donors (Lipinski definition) is 2. The molecule has 5 rings (SSSR count). The van der Waals surface area contributed by atoms with Crippen molar-refractivity contribution >= 4 is 33.4 Å². The number of rotatable bonds is 7. The van der Waals surface area contributed by atoms with Gasteiger partial charge in [0.1, 0.15) is 6.54 Å². The van der Waals surface area contributed by atoms with Gasteiger partial charge in [-0.1, -0.05) is 65.9 Å². The van der Waals surface area contributed by atoms with Crippen LogP contribution in [-0.2, 0) is 11.3 Å². The zero-order chi connectivity index (χ0) is 23.3. The molecule has 8 nitrogen and oxygen atoms in total. The second kappa shape index (κ2) is 9.50. The molecule has 1 unspecified atom stereocenters. The first-order chi connectivity index (χ1) is 16.7. The van der Waals surface area contributed by atoms with Crippen LogP contribution < -0.4 is 10.6 Å². The number of aromatic nitrogens is 4. The summed E-state index contributed by atoms with van der Waals surface area (Å²) in [7, 11) is 0. The van der Waals surface area contributed by atoms with Crippen LogP contribution in [-0.4, -0.2) is 38.3 Å². The maximum atomic E-state index is 13.3. The Labute approximate surface area is 195 Å². The number of benzene rings is 3. The fourth-order valence-electron chi connectivity index (χ4n) is 3.95. The van der Waals surface area contributed by atoms with Crippen LogP contribution >= 0.6 is 0 Å². The van der Waals surface area contributed by atoms with Gasteiger partial charge >= 0.3 is 0 Å². The second-order valence-corrected chi connectivity index (χ2v) is 7.95. The van der Waals surface area contributed by atoms with Crippen molar-refractivity contribution < 1.29 is 9.59 Å². The lowest BCUT2D eigenvalue weighted by Crippen LogP contribution is -2.39. The van der Waals surface area contributed by atoms with Gasteiger partial charge < -0.3 is 10.6 Å². The molecule has 168 valence electrons. The molecular weight excluding hydrogens is 428 g/mol. The molecule has 8 heteroatoms. The Kier molecular flexibility index (Phi) is 5.94. The number of carbonyl (C=O) groups is 2. The van der Waals surface area contributed by atoms with Crippen LogP contribution in [0, 0.1) is 0 Å². The molecule has 0 aliphatic heterocycles. The van der Waals surface area contributed by atoms with E-state index in [-0.39, 0.29) is 24.9 Å². The van der Waals surface area contributed by atoms with Crippen LogP contribution in [0.25, 0.3) is 21.5 Å². The zero-order valence-corrected chi connectivity index (χ0v) is 18.3. The predicted octanol–water partition coefficient (Wildman–Crippen LogP) is 3.27. The summed E-state index contributed by atoms with van der Waals surface area (Å²) < 4.78 is 1.45. The third kappa shape index (κ3) is 4.61. The molecular formula is C26H22N6O2. The Hall–Kier alpha value is -4.59. The van der Waals surface area contributed by atoms with Crippen LogP contribution in [0.1, 0.15) is 22.0 Å². The third-order valence-electron chi connectivity index (χ3n) is 5.67. The Morgan fingerprint density at radius 3 is 2.53 bits per heavy atom. The quantitative estimate of drug-likeness (QED) is 0.396. The van der Waals surface area contributed by atoms with E-state index in [0.717, 1.165) is 27.1 Å². The van der Waals surface area contributed by atoms with Crippen molar-refractivity contribution in [2.24, 2.45) is 0 Å². The van der Waals surface area contributed by atoms with E-state index in [9.17, 15) is 9.59 Å². The lowest BCUT2D eigenvalue weighted by molar-refractivity contribution is -0.122. The van der Waals surface area contributed by atoms with Gasteiger partial charge in [0, 0.05) is 30.5 Å². The number of nitrogens with one attached hydrogen (secondary N) is 2. The minimum Gasteiger partial charge on any atom is -0.352 e. The van der Waals surface area contributed by atoms with Crippen LogP contribution in [0.15, 0.2) is 91.5 Å². The van der Waals surface area contributed by atoms with Crippen molar-refractivity contribution in [1.82, 2.24) is 30.6 Å². The van der Waals surface area contributed by atoms with Gasteiger partial charge in [-0.15, -0.1) is 5.10 Å². The summed E-state index contributed by atoms with van der Waals surface area (Å²) in [6, 6.07) is 21.2. The van der Waals surface area contributed by atoms with Crippen molar-refractivity contribution in [1.29, 1.82) is 0 Å². The largest absolute Gasteiger partial charge is 0.352 e. The highest BCUT2D eigenvalue weighted by molar-refractivity contribution is 6.06. The van der Waals surface area contributed by atoms with Gasteiger partial charge in [-0.3, -0.25) is 14.6 Å². The molecule has 0 fully saturated rings. The topological polar surface area (TPSA) is 102 Å². The number of hydrogen-bond acceptors (Lipinski definition) is 5. The highest BCUT2D eigenvalue weighted by Gasteiger charge is 2.19. The Morgan fingerprint density at radius 2 is 1.71 bits per heavy atom. The van der Waals surface area contributed by atoms with E-state index in [1.807, 2.05) is 66.7 Å². The molecule has 0 saturated heterocycles. The number of pyridine rings is 1. The van der Waals surface area contributed by atoms with Gasteiger partial charge in [0.15, 0.2) is 0 Å². The van der Waals surface area contributed by atoms with E-state index in [1.165, 1.54) is 10.9 Å². The summed E-state index contributed by atoms with van der Waals surface area (Å²) in [4.78, 5) is 30.0. The third-order valence-corrected chi connectivity index (χ3v) is 5.67. The number of amides is 2. The lowest BCUT2D eigenvalue weighted by atomic mass is 10.0. The number of nitrogens with zero attached hydrogens (tertiary/aromatic N) is 4. The molecule has 0 bridgehead atoms. The summed E-state index contributed by atoms with van der Waals surface area (Å²) >= 11 is 0. The Morgan fingerprint density at radius 1 is 0.912 bits per heavy atom. The van der Waals surface area contributed by atoms with E-state index < -0.39 is 6.04 Å². The van der Waals surface area contributed by atoms with Gasteiger partial charge in [-0.25, -0.2) is 4.68 Å². The predicted molar refractivity (Wildman–Crippen MR) is 129 cm³/mol. The van der Waals surface area contributed by atoms with Gasteiger partial charge in [0.05, 0.1) is 17.8 Å². The van der Waals surface area contributed by atoms with Crippen molar-refractivity contribution in [3.63, 3.8) is 0 Å². The van der Waals surface area contributed by atoms with E-state index in [1.54, 1.807) is 18.6 Å². The average molecular weight is 451 g/mol. The molecule has 0 aliphatic rings. The molecule has 1 atom stereocenters. The van der Waals surface area contributed by atoms with Crippen molar-refractivity contribution in [3.05, 3.63) is 103 Å². The number of carbonyl (C=O) groups excluding carboxylic acids is 2. The molecule has 0 saturated carbocycles. The molecule has 0 aliphatic carbocycles. The van der Waals surface area contributed by atoms with Crippen LogP contribution in [0.2, 0.25) is 0 Å². The fourth-order valence-corrected chi connectivity index (χ4v) is 3.95. The van der Waals surface area contributed by atoms with E-state index in [2.05, 4.69) is 25.9 Å². The number of fused-ring (bicyclic) bond motifs is 2. The molecule has 2 N–H and O–H groups in total. The molecule has 5 aromatic rings. The van der Waals surface area contributed by atoms with Crippen molar-refractivity contribution in [2.75, 3.05) is 6.54 Å². The van der Waals surface area contributed by atoms with Crippen molar-refractivity contribution in [2.45, 2.75) is 12.6 Å². The minimum absolute atomic E-state index is 0.0473. The molecule has 0 spiro atoms. The first-order valence-corrected chi connectivity index (χ1v) is 10.9. The standard InChI is InChI=1S/C26H22N6O2/c33-25(17-32-12-11-29-31-32)28-16-24(20-10-9-18-5-1-2-6-19(18)13-20)30-26(34)23-15-27-14-21-7-3-4-8-22(21)23/h1-15,24H,16-17H2,(H,28,33)(H,30,34). The maximum Gasteiger partial charge on any atom is 0.254 e. The molecule has 2 amide bonds.